The zero-order valence-corrected chi connectivity index (χ0v) is 13.9. The fourth-order valence-corrected chi connectivity index (χ4v) is 3.70. The first kappa shape index (κ1) is 16.3. The molecule has 0 saturated carbocycles. The number of hydrogen-bond donors (Lipinski definition) is 0. The van der Waals surface area contributed by atoms with Crippen molar-refractivity contribution in [3.63, 3.8) is 0 Å². The standard InChI is InChI=1S/C19H27N3O/c20-9-2-4-13-23-19-8-5-6-17(14-19)15-21-11-12-22-10-3-1-7-18(22)16-21/h5-6,8,14,18H,1-4,7,10-13,15-16H2. The van der Waals surface area contributed by atoms with Crippen LogP contribution in [0.3, 0.4) is 0 Å². The number of nitrogens with zero attached hydrogens (tertiary/aromatic N) is 3. The Kier molecular flexibility index (Phi) is 5.90. The summed E-state index contributed by atoms with van der Waals surface area (Å²) < 4.78 is 5.75. The summed E-state index contributed by atoms with van der Waals surface area (Å²) in [5.41, 5.74) is 1.33. The Labute approximate surface area is 139 Å². The van der Waals surface area contributed by atoms with E-state index >= 15 is 0 Å². The summed E-state index contributed by atoms with van der Waals surface area (Å²) in [7, 11) is 0. The summed E-state index contributed by atoms with van der Waals surface area (Å²) in [5.74, 6) is 0.928. The Morgan fingerprint density at radius 3 is 3.09 bits per heavy atom. The number of rotatable bonds is 6. The van der Waals surface area contributed by atoms with Crippen LogP contribution in [-0.2, 0) is 6.54 Å². The van der Waals surface area contributed by atoms with Crippen LogP contribution in [0.2, 0.25) is 0 Å². The number of nitriles is 1. The van der Waals surface area contributed by atoms with Crippen molar-refractivity contribution < 1.29 is 4.74 Å². The first-order valence-corrected chi connectivity index (χ1v) is 8.90. The number of fused-ring (bicyclic) bond motifs is 1. The monoisotopic (exact) mass is 313 g/mol. The number of benzene rings is 1. The second kappa shape index (κ2) is 8.33. The van der Waals surface area contributed by atoms with Gasteiger partial charge < -0.3 is 4.74 Å². The lowest BCUT2D eigenvalue weighted by Gasteiger charge is -2.44. The Bertz CT molecular complexity index is 540. The van der Waals surface area contributed by atoms with Gasteiger partial charge in [-0.1, -0.05) is 18.6 Å². The lowest BCUT2D eigenvalue weighted by Crippen LogP contribution is -2.54. The third kappa shape index (κ3) is 4.70. The van der Waals surface area contributed by atoms with Crippen LogP contribution >= 0.6 is 0 Å². The molecule has 1 aromatic rings. The quantitative estimate of drug-likeness (QED) is 0.757. The molecule has 0 aliphatic carbocycles. The highest BCUT2D eigenvalue weighted by atomic mass is 16.5. The maximum atomic E-state index is 8.56. The average molecular weight is 313 g/mol. The molecule has 1 aromatic carbocycles. The predicted molar refractivity (Wildman–Crippen MR) is 91.3 cm³/mol. The molecule has 2 aliphatic heterocycles. The van der Waals surface area contributed by atoms with E-state index in [-0.39, 0.29) is 0 Å². The number of hydrogen-bond acceptors (Lipinski definition) is 4. The Morgan fingerprint density at radius 1 is 1.22 bits per heavy atom. The molecule has 124 valence electrons. The lowest BCUT2D eigenvalue weighted by atomic mass is 9.99. The van der Waals surface area contributed by atoms with Crippen LogP contribution in [-0.4, -0.2) is 48.6 Å². The largest absolute Gasteiger partial charge is 0.494 e. The Balaban J connectivity index is 1.50. The van der Waals surface area contributed by atoms with E-state index in [0.29, 0.717) is 13.0 Å². The fraction of sp³-hybridized carbons (Fsp3) is 0.632. The van der Waals surface area contributed by atoms with Crippen molar-refractivity contribution in [1.82, 2.24) is 9.80 Å². The highest BCUT2D eigenvalue weighted by molar-refractivity contribution is 5.28. The Hall–Kier alpha value is -1.57. The maximum absolute atomic E-state index is 8.56. The molecular formula is C19H27N3O. The van der Waals surface area contributed by atoms with Crippen molar-refractivity contribution in [3.8, 4) is 11.8 Å². The van der Waals surface area contributed by atoms with Crippen LogP contribution in [0.5, 0.6) is 5.75 Å². The van der Waals surface area contributed by atoms with Gasteiger partial charge in [-0.25, -0.2) is 0 Å². The van der Waals surface area contributed by atoms with E-state index in [1.807, 2.05) is 6.07 Å². The lowest BCUT2D eigenvalue weighted by molar-refractivity contribution is 0.0456. The van der Waals surface area contributed by atoms with Crippen molar-refractivity contribution in [2.24, 2.45) is 0 Å². The van der Waals surface area contributed by atoms with Gasteiger partial charge in [0.15, 0.2) is 0 Å². The van der Waals surface area contributed by atoms with Crippen LogP contribution < -0.4 is 4.74 Å². The molecular weight excluding hydrogens is 286 g/mol. The van der Waals surface area contributed by atoms with E-state index < -0.39 is 0 Å². The van der Waals surface area contributed by atoms with E-state index in [4.69, 9.17) is 10.00 Å². The van der Waals surface area contributed by atoms with Gasteiger partial charge >= 0.3 is 0 Å². The van der Waals surface area contributed by atoms with Gasteiger partial charge in [-0.15, -0.1) is 0 Å². The maximum Gasteiger partial charge on any atom is 0.119 e. The molecule has 2 aliphatic rings. The van der Waals surface area contributed by atoms with Gasteiger partial charge in [-0.3, -0.25) is 9.80 Å². The molecule has 0 aromatic heterocycles. The van der Waals surface area contributed by atoms with E-state index in [0.717, 1.165) is 24.8 Å². The topological polar surface area (TPSA) is 39.5 Å². The second-order valence-electron chi connectivity index (χ2n) is 6.68. The summed E-state index contributed by atoms with van der Waals surface area (Å²) in [6.07, 6.45) is 5.48. The predicted octanol–water partition coefficient (Wildman–Crippen LogP) is 3.04. The Morgan fingerprint density at radius 2 is 2.17 bits per heavy atom. The van der Waals surface area contributed by atoms with Gasteiger partial charge in [0.25, 0.3) is 0 Å². The molecule has 2 fully saturated rings. The fourth-order valence-electron chi connectivity index (χ4n) is 3.70. The molecule has 23 heavy (non-hydrogen) atoms. The first-order valence-electron chi connectivity index (χ1n) is 8.90. The van der Waals surface area contributed by atoms with Crippen LogP contribution in [0.15, 0.2) is 24.3 Å². The molecule has 4 heteroatoms. The molecule has 3 rings (SSSR count). The highest BCUT2D eigenvalue weighted by Gasteiger charge is 2.28. The van der Waals surface area contributed by atoms with E-state index in [2.05, 4.69) is 34.1 Å². The molecule has 2 heterocycles. The summed E-state index contributed by atoms with van der Waals surface area (Å²) in [6.45, 7) is 6.52. The second-order valence-corrected chi connectivity index (χ2v) is 6.68. The van der Waals surface area contributed by atoms with Crippen molar-refractivity contribution in [2.75, 3.05) is 32.8 Å². The average Bonchev–Trinajstić information content (AvgIpc) is 2.59. The van der Waals surface area contributed by atoms with Crippen molar-refractivity contribution >= 4 is 0 Å². The van der Waals surface area contributed by atoms with Crippen molar-refractivity contribution in [2.45, 2.75) is 44.7 Å². The van der Waals surface area contributed by atoms with Crippen LogP contribution in [0.1, 0.15) is 37.7 Å². The zero-order chi connectivity index (χ0) is 15.9. The number of piperazine rings is 1. The first-order chi connectivity index (χ1) is 11.3. The molecule has 0 radical (unpaired) electrons. The van der Waals surface area contributed by atoms with E-state index in [1.54, 1.807) is 0 Å². The van der Waals surface area contributed by atoms with Gasteiger partial charge in [0.1, 0.15) is 5.75 Å². The molecule has 1 atom stereocenters. The molecule has 1 unspecified atom stereocenters. The number of ether oxygens (including phenoxy) is 1. The van der Waals surface area contributed by atoms with Gasteiger partial charge in [0.05, 0.1) is 12.7 Å². The van der Waals surface area contributed by atoms with Gasteiger partial charge in [0.2, 0.25) is 0 Å². The van der Waals surface area contributed by atoms with Crippen molar-refractivity contribution in [1.29, 1.82) is 5.26 Å². The molecule has 0 bridgehead atoms. The molecule has 0 spiro atoms. The van der Waals surface area contributed by atoms with Crippen LogP contribution in [0.4, 0.5) is 0 Å². The normalized spacial score (nSPS) is 22.3. The minimum absolute atomic E-state index is 0.561. The van der Waals surface area contributed by atoms with Crippen LogP contribution in [0.25, 0.3) is 0 Å². The highest BCUT2D eigenvalue weighted by Crippen LogP contribution is 2.23. The minimum Gasteiger partial charge on any atom is -0.494 e. The third-order valence-electron chi connectivity index (χ3n) is 4.93. The van der Waals surface area contributed by atoms with E-state index in [9.17, 15) is 0 Å². The summed E-state index contributed by atoms with van der Waals surface area (Å²) >= 11 is 0. The molecule has 0 N–H and O–H groups in total. The van der Waals surface area contributed by atoms with Gasteiger partial charge in [0, 0.05) is 38.6 Å². The van der Waals surface area contributed by atoms with E-state index in [1.165, 1.54) is 51.0 Å². The van der Waals surface area contributed by atoms with Crippen molar-refractivity contribution in [3.05, 3.63) is 29.8 Å². The zero-order valence-electron chi connectivity index (χ0n) is 13.9. The summed E-state index contributed by atoms with van der Waals surface area (Å²) in [6, 6.07) is 11.3. The SMILES string of the molecule is N#CCCCOc1cccc(CN2CCN3CCCCC3C2)c1. The molecule has 0 amide bonds. The summed E-state index contributed by atoms with van der Waals surface area (Å²) in [5, 5.41) is 8.56. The third-order valence-corrected chi connectivity index (χ3v) is 4.93. The number of unbranched alkanes of at least 4 members (excludes halogenated alkanes) is 1. The molecule has 2 saturated heterocycles. The van der Waals surface area contributed by atoms with Crippen LogP contribution in [0, 0.1) is 11.3 Å². The number of piperidine rings is 1. The van der Waals surface area contributed by atoms with Gasteiger partial charge in [-0.2, -0.15) is 5.26 Å². The molecule has 4 nitrogen and oxygen atoms in total. The summed E-state index contributed by atoms with van der Waals surface area (Å²) in [4.78, 5) is 5.26. The minimum atomic E-state index is 0.561. The smallest absolute Gasteiger partial charge is 0.119 e. The van der Waals surface area contributed by atoms with Gasteiger partial charge in [-0.05, 0) is 43.5 Å².